The second kappa shape index (κ2) is 6.35. The van der Waals surface area contributed by atoms with Crippen LogP contribution in [0.3, 0.4) is 0 Å². The highest BCUT2D eigenvalue weighted by molar-refractivity contribution is 5.83. The standard InChI is InChI=1S/C16H16F2N2O/c1-10(11-3-2-4-14(19)8-11)16(21)20-9-12-7-13(17)5-6-15(12)18/h2-8,10H,9,19H2,1H3,(H,20,21). The fraction of sp³-hybridized carbons (Fsp3) is 0.188. The molecule has 3 nitrogen and oxygen atoms in total. The smallest absolute Gasteiger partial charge is 0.227 e. The molecule has 0 spiro atoms. The molecule has 2 aromatic rings. The minimum Gasteiger partial charge on any atom is -0.399 e. The fourth-order valence-electron chi connectivity index (χ4n) is 1.99. The van der Waals surface area contributed by atoms with Gasteiger partial charge in [-0.15, -0.1) is 0 Å². The van der Waals surface area contributed by atoms with Crippen molar-refractivity contribution in [2.75, 3.05) is 5.73 Å². The number of hydrogen-bond donors (Lipinski definition) is 2. The third-order valence-electron chi connectivity index (χ3n) is 3.26. The van der Waals surface area contributed by atoms with E-state index in [4.69, 9.17) is 5.73 Å². The van der Waals surface area contributed by atoms with E-state index in [1.54, 1.807) is 31.2 Å². The van der Waals surface area contributed by atoms with Crippen molar-refractivity contribution in [3.63, 3.8) is 0 Å². The van der Waals surface area contributed by atoms with Gasteiger partial charge in [0.15, 0.2) is 0 Å². The van der Waals surface area contributed by atoms with E-state index in [1.807, 2.05) is 0 Å². The van der Waals surface area contributed by atoms with Gasteiger partial charge in [0.1, 0.15) is 11.6 Å². The molecule has 21 heavy (non-hydrogen) atoms. The molecule has 0 bridgehead atoms. The van der Waals surface area contributed by atoms with Gasteiger partial charge in [0.25, 0.3) is 0 Å². The summed E-state index contributed by atoms with van der Waals surface area (Å²) in [5, 5.41) is 2.60. The van der Waals surface area contributed by atoms with Gasteiger partial charge in [-0.25, -0.2) is 8.78 Å². The molecule has 0 aromatic heterocycles. The highest BCUT2D eigenvalue weighted by Gasteiger charge is 2.15. The van der Waals surface area contributed by atoms with Crippen LogP contribution in [0.25, 0.3) is 0 Å². The quantitative estimate of drug-likeness (QED) is 0.851. The summed E-state index contributed by atoms with van der Waals surface area (Å²) in [5.74, 6) is -1.78. The lowest BCUT2D eigenvalue weighted by molar-refractivity contribution is -0.122. The van der Waals surface area contributed by atoms with Crippen LogP contribution in [0.1, 0.15) is 24.0 Å². The lowest BCUT2D eigenvalue weighted by Crippen LogP contribution is -2.28. The van der Waals surface area contributed by atoms with E-state index in [1.165, 1.54) is 0 Å². The predicted molar refractivity (Wildman–Crippen MR) is 77.5 cm³/mol. The van der Waals surface area contributed by atoms with Crippen molar-refractivity contribution in [2.45, 2.75) is 19.4 Å². The molecule has 0 fully saturated rings. The Kier molecular flexibility index (Phi) is 4.52. The highest BCUT2D eigenvalue weighted by atomic mass is 19.1. The monoisotopic (exact) mass is 290 g/mol. The largest absolute Gasteiger partial charge is 0.399 e. The number of benzene rings is 2. The number of carbonyl (C=O) groups is 1. The van der Waals surface area contributed by atoms with Crippen LogP contribution in [-0.4, -0.2) is 5.91 Å². The van der Waals surface area contributed by atoms with Crippen LogP contribution in [0.2, 0.25) is 0 Å². The van der Waals surface area contributed by atoms with Crippen LogP contribution in [0, 0.1) is 11.6 Å². The van der Waals surface area contributed by atoms with Crippen LogP contribution in [-0.2, 0) is 11.3 Å². The Morgan fingerprint density at radius 3 is 2.71 bits per heavy atom. The van der Waals surface area contributed by atoms with Gasteiger partial charge in [-0.1, -0.05) is 12.1 Å². The van der Waals surface area contributed by atoms with Gasteiger partial charge in [0.2, 0.25) is 5.91 Å². The minimum atomic E-state index is -0.548. The first-order valence-corrected chi connectivity index (χ1v) is 6.54. The van der Waals surface area contributed by atoms with Gasteiger partial charge in [-0.05, 0) is 42.8 Å². The van der Waals surface area contributed by atoms with Gasteiger partial charge in [0.05, 0.1) is 5.92 Å². The first-order chi connectivity index (χ1) is 9.97. The first kappa shape index (κ1) is 15.0. The summed E-state index contributed by atoms with van der Waals surface area (Å²) in [7, 11) is 0. The van der Waals surface area contributed by atoms with Crippen LogP contribution in [0.15, 0.2) is 42.5 Å². The molecular weight excluding hydrogens is 274 g/mol. The SMILES string of the molecule is CC(C(=O)NCc1cc(F)ccc1F)c1cccc(N)c1. The molecule has 110 valence electrons. The molecule has 1 unspecified atom stereocenters. The number of halogens is 2. The zero-order chi connectivity index (χ0) is 15.4. The third-order valence-corrected chi connectivity index (χ3v) is 3.26. The molecule has 0 aliphatic heterocycles. The predicted octanol–water partition coefficient (Wildman–Crippen LogP) is 2.97. The zero-order valence-corrected chi connectivity index (χ0v) is 11.6. The van der Waals surface area contributed by atoms with E-state index < -0.39 is 17.6 Å². The number of amides is 1. The summed E-state index contributed by atoms with van der Waals surface area (Å²) in [6, 6.07) is 10.2. The van der Waals surface area contributed by atoms with E-state index in [2.05, 4.69) is 5.32 Å². The molecule has 0 aliphatic carbocycles. The molecule has 0 aliphatic rings. The van der Waals surface area contributed by atoms with E-state index in [0.29, 0.717) is 5.69 Å². The van der Waals surface area contributed by atoms with Crippen molar-refractivity contribution in [1.82, 2.24) is 5.32 Å². The Bertz CT molecular complexity index is 658. The van der Waals surface area contributed by atoms with Gasteiger partial charge in [-0.3, -0.25) is 4.79 Å². The lowest BCUT2D eigenvalue weighted by atomic mass is 10.00. The van der Waals surface area contributed by atoms with Crippen LogP contribution in [0.5, 0.6) is 0 Å². The first-order valence-electron chi connectivity index (χ1n) is 6.54. The van der Waals surface area contributed by atoms with Crippen LogP contribution in [0.4, 0.5) is 14.5 Å². The van der Waals surface area contributed by atoms with Crippen molar-refractivity contribution in [3.8, 4) is 0 Å². The van der Waals surface area contributed by atoms with Crippen LogP contribution >= 0.6 is 0 Å². The maximum Gasteiger partial charge on any atom is 0.227 e. The number of carbonyl (C=O) groups excluding carboxylic acids is 1. The van der Waals surface area contributed by atoms with Crippen molar-refractivity contribution in [3.05, 3.63) is 65.2 Å². The molecule has 2 rings (SSSR count). The van der Waals surface area contributed by atoms with E-state index in [0.717, 1.165) is 23.8 Å². The summed E-state index contributed by atoms with van der Waals surface area (Å²) < 4.78 is 26.5. The summed E-state index contributed by atoms with van der Waals surface area (Å²) in [4.78, 5) is 12.1. The van der Waals surface area contributed by atoms with E-state index >= 15 is 0 Å². The molecule has 0 saturated carbocycles. The number of hydrogen-bond acceptors (Lipinski definition) is 2. The van der Waals surface area contributed by atoms with E-state index in [-0.39, 0.29) is 18.0 Å². The maximum atomic E-state index is 13.5. The number of nitrogen functional groups attached to an aromatic ring is 1. The van der Waals surface area contributed by atoms with Gasteiger partial charge < -0.3 is 11.1 Å². The molecule has 1 amide bonds. The number of anilines is 1. The molecule has 1 atom stereocenters. The van der Waals surface area contributed by atoms with Crippen molar-refractivity contribution in [1.29, 1.82) is 0 Å². The Hall–Kier alpha value is -2.43. The highest BCUT2D eigenvalue weighted by Crippen LogP contribution is 2.18. The van der Waals surface area contributed by atoms with E-state index in [9.17, 15) is 13.6 Å². The zero-order valence-electron chi connectivity index (χ0n) is 11.6. The van der Waals surface area contributed by atoms with Gasteiger partial charge in [-0.2, -0.15) is 0 Å². The molecule has 0 radical (unpaired) electrons. The number of nitrogens with one attached hydrogen (secondary N) is 1. The third kappa shape index (κ3) is 3.78. The Morgan fingerprint density at radius 2 is 2.00 bits per heavy atom. The average Bonchev–Trinajstić information content (AvgIpc) is 2.47. The number of nitrogens with two attached hydrogens (primary N) is 1. The average molecular weight is 290 g/mol. The number of rotatable bonds is 4. The fourth-order valence-corrected chi connectivity index (χ4v) is 1.99. The maximum absolute atomic E-state index is 13.5. The van der Waals surface area contributed by atoms with Gasteiger partial charge in [0, 0.05) is 17.8 Å². The van der Waals surface area contributed by atoms with Crippen molar-refractivity contribution in [2.24, 2.45) is 0 Å². The molecule has 2 aromatic carbocycles. The summed E-state index contributed by atoms with van der Waals surface area (Å²) in [5.41, 5.74) is 7.13. The van der Waals surface area contributed by atoms with Crippen LogP contribution < -0.4 is 11.1 Å². The molecule has 3 N–H and O–H groups in total. The second-order valence-electron chi connectivity index (χ2n) is 4.85. The summed E-state index contributed by atoms with van der Waals surface area (Å²) in [6.45, 7) is 1.67. The molecule has 5 heteroatoms. The Labute approximate surface area is 121 Å². The molecule has 0 saturated heterocycles. The lowest BCUT2D eigenvalue weighted by Gasteiger charge is -2.13. The molecule has 0 heterocycles. The minimum absolute atomic E-state index is 0.0604. The van der Waals surface area contributed by atoms with Gasteiger partial charge >= 0.3 is 0 Å². The Morgan fingerprint density at radius 1 is 1.24 bits per heavy atom. The summed E-state index contributed by atoms with van der Waals surface area (Å²) >= 11 is 0. The topological polar surface area (TPSA) is 55.1 Å². The van der Waals surface area contributed by atoms with Crippen molar-refractivity contribution < 1.29 is 13.6 Å². The van der Waals surface area contributed by atoms with Crippen molar-refractivity contribution >= 4 is 11.6 Å². The summed E-state index contributed by atoms with van der Waals surface area (Å²) in [6.07, 6.45) is 0. The second-order valence-corrected chi connectivity index (χ2v) is 4.85. The molecular formula is C16H16F2N2O. The Balaban J connectivity index is 2.03. The normalized spacial score (nSPS) is 12.0.